The lowest BCUT2D eigenvalue weighted by Gasteiger charge is -2.10. The van der Waals surface area contributed by atoms with Crippen molar-refractivity contribution in [2.75, 3.05) is 6.54 Å². The van der Waals surface area contributed by atoms with Crippen LogP contribution >= 0.6 is 15.9 Å². The summed E-state index contributed by atoms with van der Waals surface area (Å²) in [4.78, 5) is 0. The summed E-state index contributed by atoms with van der Waals surface area (Å²) in [5.74, 6) is 0. The first-order valence-electron chi connectivity index (χ1n) is 5.50. The molecule has 0 aliphatic carbocycles. The maximum Gasteiger partial charge on any atom is 0.0927 e. The Morgan fingerprint density at radius 1 is 1.44 bits per heavy atom. The monoisotopic (exact) mass is 281 g/mol. The highest BCUT2D eigenvalue weighted by Gasteiger charge is 2.12. The van der Waals surface area contributed by atoms with Gasteiger partial charge in [0.25, 0.3) is 0 Å². The van der Waals surface area contributed by atoms with Crippen molar-refractivity contribution in [1.82, 2.24) is 9.78 Å². The van der Waals surface area contributed by atoms with Gasteiger partial charge in [-0.2, -0.15) is 5.10 Å². The Balaban J connectivity index is 2.67. The zero-order chi connectivity index (χ0) is 11.7. The van der Waals surface area contributed by atoms with Crippen LogP contribution < -0.4 is 5.73 Å². The van der Waals surface area contributed by atoms with Crippen LogP contribution in [0.15, 0.2) is 22.7 Å². The first-order chi connectivity index (χ1) is 7.63. The zero-order valence-corrected chi connectivity index (χ0v) is 11.2. The van der Waals surface area contributed by atoms with Gasteiger partial charge in [0.1, 0.15) is 0 Å². The molecule has 2 rings (SSSR count). The van der Waals surface area contributed by atoms with E-state index in [0.29, 0.717) is 12.6 Å². The largest absolute Gasteiger partial charge is 0.330 e. The van der Waals surface area contributed by atoms with E-state index in [4.69, 9.17) is 5.73 Å². The Morgan fingerprint density at radius 3 is 2.81 bits per heavy atom. The van der Waals surface area contributed by atoms with Crippen LogP contribution in [-0.2, 0) is 6.42 Å². The average molecular weight is 282 g/mol. The predicted molar refractivity (Wildman–Crippen MR) is 70.6 cm³/mol. The first-order valence-corrected chi connectivity index (χ1v) is 6.29. The molecule has 0 aliphatic rings. The summed E-state index contributed by atoms with van der Waals surface area (Å²) in [7, 11) is 0. The lowest BCUT2D eigenvalue weighted by atomic mass is 10.1. The van der Waals surface area contributed by atoms with Crippen LogP contribution in [0.3, 0.4) is 0 Å². The number of nitrogens with two attached hydrogens (primary N) is 1. The van der Waals surface area contributed by atoms with Gasteiger partial charge >= 0.3 is 0 Å². The lowest BCUT2D eigenvalue weighted by Crippen LogP contribution is -2.12. The van der Waals surface area contributed by atoms with Gasteiger partial charge in [0.2, 0.25) is 0 Å². The second-order valence-electron chi connectivity index (χ2n) is 4.19. The highest BCUT2D eigenvalue weighted by Crippen LogP contribution is 2.25. The third-order valence-electron chi connectivity index (χ3n) is 2.63. The molecule has 0 saturated carbocycles. The third-order valence-corrected chi connectivity index (χ3v) is 3.13. The first kappa shape index (κ1) is 11.6. The maximum atomic E-state index is 5.67. The van der Waals surface area contributed by atoms with Gasteiger partial charge in [-0.25, -0.2) is 0 Å². The molecule has 86 valence electrons. The number of rotatable bonds is 3. The van der Waals surface area contributed by atoms with E-state index >= 15 is 0 Å². The van der Waals surface area contributed by atoms with Gasteiger partial charge in [-0.3, -0.25) is 4.68 Å². The molecule has 2 aromatic rings. The van der Waals surface area contributed by atoms with Crippen molar-refractivity contribution < 1.29 is 0 Å². The maximum absolute atomic E-state index is 5.67. The van der Waals surface area contributed by atoms with Gasteiger partial charge in [0, 0.05) is 28.0 Å². The van der Waals surface area contributed by atoms with Crippen molar-refractivity contribution >= 4 is 26.8 Å². The van der Waals surface area contributed by atoms with Gasteiger partial charge in [0.15, 0.2) is 0 Å². The molecule has 0 saturated heterocycles. The molecule has 0 bridgehead atoms. The Morgan fingerprint density at radius 2 is 2.19 bits per heavy atom. The summed E-state index contributed by atoms with van der Waals surface area (Å²) in [5.41, 5.74) is 7.94. The average Bonchev–Trinajstić information content (AvgIpc) is 2.58. The van der Waals surface area contributed by atoms with Gasteiger partial charge in [0.05, 0.1) is 5.52 Å². The molecule has 1 aromatic carbocycles. The van der Waals surface area contributed by atoms with Crippen molar-refractivity contribution in [2.24, 2.45) is 5.73 Å². The third kappa shape index (κ3) is 1.99. The lowest BCUT2D eigenvalue weighted by molar-refractivity contribution is 0.514. The molecule has 16 heavy (non-hydrogen) atoms. The minimum atomic E-state index is 0.368. The molecule has 3 nitrogen and oxygen atoms in total. The van der Waals surface area contributed by atoms with E-state index in [1.54, 1.807) is 0 Å². The molecule has 0 radical (unpaired) electrons. The van der Waals surface area contributed by atoms with E-state index in [1.165, 1.54) is 11.1 Å². The van der Waals surface area contributed by atoms with Crippen molar-refractivity contribution in [3.63, 3.8) is 0 Å². The summed E-state index contributed by atoms with van der Waals surface area (Å²) < 4.78 is 3.16. The quantitative estimate of drug-likeness (QED) is 0.940. The number of benzene rings is 1. The Hall–Kier alpha value is -0.870. The molecule has 0 spiro atoms. The summed E-state index contributed by atoms with van der Waals surface area (Å²) in [5, 5.41) is 5.81. The minimum Gasteiger partial charge on any atom is -0.330 e. The van der Waals surface area contributed by atoms with E-state index in [2.05, 4.69) is 45.6 Å². The summed E-state index contributed by atoms with van der Waals surface area (Å²) in [6, 6.07) is 6.55. The van der Waals surface area contributed by atoms with Crippen LogP contribution in [0.4, 0.5) is 0 Å². The van der Waals surface area contributed by atoms with Gasteiger partial charge in [-0.1, -0.05) is 15.9 Å². The smallest absolute Gasteiger partial charge is 0.0927 e. The molecule has 1 heterocycles. The van der Waals surface area contributed by atoms with Crippen LogP contribution in [0, 0.1) is 0 Å². The van der Waals surface area contributed by atoms with Gasteiger partial charge < -0.3 is 5.73 Å². The van der Waals surface area contributed by atoms with Crippen LogP contribution in [-0.4, -0.2) is 16.3 Å². The van der Waals surface area contributed by atoms with E-state index in [-0.39, 0.29) is 0 Å². The topological polar surface area (TPSA) is 43.8 Å². The van der Waals surface area contributed by atoms with Crippen molar-refractivity contribution in [3.05, 3.63) is 28.4 Å². The van der Waals surface area contributed by atoms with E-state index in [0.717, 1.165) is 16.4 Å². The fourth-order valence-corrected chi connectivity index (χ4v) is 2.30. The standard InChI is InChI=1S/C12H16BrN3/c1-8(2)16-12(5-6-14)10-7-9(13)3-4-11(10)15-16/h3-4,7-8H,5-6,14H2,1-2H3. The molecule has 4 heteroatoms. The second-order valence-corrected chi connectivity index (χ2v) is 5.10. The SMILES string of the molecule is CC(C)n1nc2ccc(Br)cc2c1CCN. The molecule has 2 N–H and O–H groups in total. The molecular weight excluding hydrogens is 266 g/mol. The summed E-state index contributed by atoms with van der Waals surface area (Å²) in [6.07, 6.45) is 0.866. The number of nitrogens with zero attached hydrogens (tertiary/aromatic N) is 2. The van der Waals surface area contributed by atoms with Crippen molar-refractivity contribution in [1.29, 1.82) is 0 Å². The van der Waals surface area contributed by atoms with Gasteiger partial charge in [-0.05, 0) is 38.6 Å². The number of halogens is 1. The molecule has 0 fully saturated rings. The molecule has 0 amide bonds. The second kappa shape index (κ2) is 4.55. The van der Waals surface area contributed by atoms with Gasteiger partial charge in [-0.15, -0.1) is 0 Å². The molecular formula is C12H16BrN3. The van der Waals surface area contributed by atoms with E-state index in [9.17, 15) is 0 Å². The Labute approximate surface area is 104 Å². The normalized spacial score (nSPS) is 11.6. The number of hydrogen-bond acceptors (Lipinski definition) is 2. The Kier molecular flexibility index (Phi) is 3.30. The fourth-order valence-electron chi connectivity index (χ4n) is 1.94. The molecule has 0 atom stereocenters. The van der Waals surface area contributed by atoms with E-state index < -0.39 is 0 Å². The Bertz CT molecular complexity index is 502. The number of fused-ring (bicyclic) bond motifs is 1. The van der Waals surface area contributed by atoms with Crippen LogP contribution in [0.5, 0.6) is 0 Å². The molecule has 0 aliphatic heterocycles. The summed E-state index contributed by atoms with van der Waals surface area (Å²) >= 11 is 3.50. The van der Waals surface area contributed by atoms with Crippen molar-refractivity contribution in [2.45, 2.75) is 26.3 Å². The number of aromatic nitrogens is 2. The van der Waals surface area contributed by atoms with Crippen LogP contribution in [0.25, 0.3) is 10.9 Å². The number of hydrogen-bond donors (Lipinski definition) is 1. The predicted octanol–water partition coefficient (Wildman–Crippen LogP) is 2.88. The zero-order valence-electron chi connectivity index (χ0n) is 9.57. The molecule has 0 unspecified atom stereocenters. The highest BCUT2D eigenvalue weighted by molar-refractivity contribution is 9.10. The summed E-state index contributed by atoms with van der Waals surface area (Å²) in [6.45, 7) is 4.93. The molecule has 1 aromatic heterocycles. The van der Waals surface area contributed by atoms with E-state index in [1.807, 2.05) is 12.1 Å². The fraction of sp³-hybridized carbons (Fsp3) is 0.417. The minimum absolute atomic E-state index is 0.368. The highest BCUT2D eigenvalue weighted by atomic mass is 79.9. The van der Waals surface area contributed by atoms with Crippen molar-refractivity contribution in [3.8, 4) is 0 Å². The van der Waals surface area contributed by atoms with Crippen LogP contribution in [0.2, 0.25) is 0 Å². The van der Waals surface area contributed by atoms with Crippen LogP contribution in [0.1, 0.15) is 25.6 Å².